The van der Waals surface area contributed by atoms with E-state index in [-0.39, 0.29) is 31.4 Å². The Morgan fingerprint density at radius 1 is 1.08 bits per heavy atom. The van der Waals surface area contributed by atoms with Gasteiger partial charge in [-0.1, -0.05) is 0 Å². The quantitative estimate of drug-likeness (QED) is 0.333. The molecular formula is C28H33IN2O7. The zero-order valence-corrected chi connectivity index (χ0v) is 23.3. The molecule has 0 aromatic heterocycles. The fourth-order valence-electron chi connectivity index (χ4n) is 6.12. The Balaban J connectivity index is 1.25. The van der Waals surface area contributed by atoms with Gasteiger partial charge in [0.2, 0.25) is 11.8 Å². The molecule has 38 heavy (non-hydrogen) atoms. The molecule has 10 heteroatoms. The lowest BCUT2D eigenvalue weighted by atomic mass is 9.91. The number of hydrogen-bond donors (Lipinski definition) is 2. The van der Waals surface area contributed by atoms with Gasteiger partial charge in [0.05, 0.1) is 12.2 Å². The maximum Gasteiger partial charge on any atom is 0.338 e. The highest BCUT2D eigenvalue weighted by atomic mass is 127. The van der Waals surface area contributed by atoms with Crippen LogP contribution in [0, 0.1) is 15.4 Å². The number of halogens is 1. The lowest BCUT2D eigenvalue weighted by Crippen LogP contribution is -2.49. The number of aliphatic hydroxyl groups excluding tert-OH is 1. The van der Waals surface area contributed by atoms with Crippen molar-refractivity contribution in [1.29, 1.82) is 0 Å². The highest BCUT2D eigenvalue weighted by Gasteiger charge is 2.64. The maximum atomic E-state index is 13.8. The Morgan fingerprint density at radius 3 is 2.45 bits per heavy atom. The molecule has 2 amide bonds. The summed E-state index contributed by atoms with van der Waals surface area (Å²) in [5.41, 5.74) is 0.929. The molecule has 2 saturated carbocycles. The summed E-state index contributed by atoms with van der Waals surface area (Å²) in [6, 6.07) is 6.59. The molecule has 1 aromatic rings. The third-order valence-corrected chi connectivity index (χ3v) is 8.97. The van der Waals surface area contributed by atoms with Gasteiger partial charge < -0.3 is 29.5 Å². The van der Waals surface area contributed by atoms with Crippen molar-refractivity contribution in [3.05, 3.63) is 45.0 Å². The predicted molar refractivity (Wildman–Crippen MR) is 144 cm³/mol. The number of carbonyl (C=O) groups excluding carboxylic acids is 3. The summed E-state index contributed by atoms with van der Waals surface area (Å²) >= 11 is 2.19. The van der Waals surface area contributed by atoms with Crippen LogP contribution in [0.4, 0.5) is 0 Å². The number of rotatable bonds is 8. The Morgan fingerprint density at radius 2 is 1.79 bits per heavy atom. The summed E-state index contributed by atoms with van der Waals surface area (Å²) < 4.78 is 20.4. The molecule has 2 heterocycles. The Labute approximate surface area is 235 Å². The van der Waals surface area contributed by atoms with E-state index in [9.17, 15) is 14.4 Å². The van der Waals surface area contributed by atoms with Crippen molar-refractivity contribution in [3.63, 3.8) is 0 Å². The summed E-state index contributed by atoms with van der Waals surface area (Å²) in [6.45, 7) is 0.464. The number of likely N-dealkylation sites (tertiary alicyclic amines) is 1. The molecule has 0 radical (unpaired) electrons. The van der Waals surface area contributed by atoms with Gasteiger partial charge in [0.15, 0.2) is 5.79 Å². The highest BCUT2D eigenvalue weighted by Crippen LogP contribution is 2.59. The number of amides is 2. The van der Waals surface area contributed by atoms with Gasteiger partial charge in [0, 0.05) is 40.5 Å². The van der Waals surface area contributed by atoms with Gasteiger partial charge in [0.1, 0.15) is 24.4 Å². The van der Waals surface area contributed by atoms with E-state index in [4.69, 9.17) is 19.3 Å². The van der Waals surface area contributed by atoms with Crippen molar-refractivity contribution < 1.29 is 33.7 Å². The van der Waals surface area contributed by atoms with Crippen LogP contribution in [-0.4, -0.2) is 77.6 Å². The first-order chi connectivity index (χ1) is 18.4. The zero-order valence-electron chi connectivity index (χ0n) is 21.1. The number of benzene rings is 1. The second-order valence-corrected chi connectivity index (χ2v) is 12.2. The molecule has 5 aliphatic rings. The number of nitrogens with zero attached hydrogens (tertiary/aromatic N) is 1. The highest BCUT2D eigenvalue weighted by molar-refractivity contribution is 14.1. The van der Waals surface area contributed by atoms with E-state index in [1.54, 1.807) is 17.0 Å². The van der Waals surface area contributed by atoms with E-state index in [2.05, 4.69) is 27.9 Å². The molecular weight excluding hydrogens is 603 g/mol. The van der Waals surface area contributed by atoms with Crippen molar-refractivity contribution in [3.8, 4) is 0 Å². The minimum atomic E-state index is -0.681. The minimum Gasteiger partial charge on any atom is -0.456 e. The van der Waals surface area contributed by atoms with Crippen LogP contribution in [0.5, 0.6) is 0 Å². The van der Waals surface area contributed by atoms with Gasteiger partial charge in [-0.25, -0.2) is 4.79 Å². The fraction of sp³-hybridized carbons (Fsp3) is 0.607. The first kappa shape index (κ1) is 26.2. The topological polar surface area (TPSA) is 114 Å². The summed E-state index contributed by atoms with van der Waals surface area (Å²) in [7, 11) is 0. The van der Waals surface area contributed by atoms with Gasteiger partial charge in [-0.05, 0) is 91.5 Å². The lowest BCUT2D eigenvalue weighted by Gasteiger charge is -2.33. The predicted octanol–water partition coefficient (Wildman–Crippen LogP) is 2.55. The Bertz CT molecular complexity index is 1120. The van der Waals surface area contributed by atoms with Crippen molar-refractivity contribution in [2.45, 2.75) is 75.1 Å². The van der Waals surface area contributed by atoms with Gasteiger partial charge >= 0.3 is 5.97 Å². The van der Waals surface area contributed by atoms with Gasteiger partial charge in [0.25, 0.3) is 0 Å². The minimum absolute atomic E-state index is 0.149. The lowest BCUT2D eigenvalue weighted by molar-refractivity contribution is -0.209. The molecule has 1 aromatic carbocycles. The second-order valence-electron chi connectivity index (χ2n) is 11.0. The summed E-state index contributed by atoms with van der Waals surface area (Å²) in [5, 5.41) is 11.8. The normalized spacial score (nSPS) is 29.9. The van der Waals surface area contributed by atoms with E-state index in [1.165, 1.54) is 0 Å². The molecule has 2 saturated heterocycles. The summed E-state index contributed by atoms with van der Waals surface area (Å²) in [5.74, 6) is -0.960. The van der Waals surface area contributed by atoms with Crippen molar-refractivity contribution in [2.75, 3.05) is 19.7 Å². The second kappa shape index (κ2) is 10.5. The average Bonchev–Trinajstić information content (AvgIpc) is 3.86. The first-order valence-electron chi connectivity index (χ1n) is 13.6. The van der Waals surface area contributed by atoms with Crippen molar-refractivity contribution >= 4 is 40.4 Å². The van der Waals surface area contributed by atoms with Gasteiger partial charge in [-0.3, -0.25) is 9.59 Å². The molecule has 2 N–H and O–H groups in total. The van der Waals surface area contributed by atoms with Gasteiger partial charge in [-0.15, -0.1) is 0 Å². The standard InChI is InChI=1S/C28H33IN2O7/c29-20-9-3-16(4-10-20)27(35)36-22-14-17(26(34)31-12-1-2-21(31)25(33)30-11-13-32)15-23-24(22)38-28(37-23,18-5-6-18)19-7-8-19/h3-4,9-10,15,18-19,21-24,32H,1-2,5-8,11-14H2,(H,30,33). The largest absolute Gasteiger partial charge is 0.456 e. The molecule has 204 valence electrons. The number of ether oxygens (including phenoxy) is 3. The maximum absolute atomic E-state index is 13.8. The van der Waals surface area contributed by atoms with Crippen molar-refractivity contribution in [2.24, 2.45) is 11.8 Å². The van der Waals surface area contributed by atoms with E-state index in [1.807, 2.05) is 18.2 Å². The van der Waals surface area contributed by atoms with Crippen LogP contribution in [0.2, 0.25) is 0 Å². The SMILES string of the molecule is O=C(OC1CC(C(=O)N2CCCC2C(=O)NCCO)=CC2OC(C3CC3)(C3CC3)OC21)c1ccc(I)cc1. The van der Waals surface area contributed by atoms with Crippen LogP contribution in [0.25, 0.3) is 0 Å². The van der Waals surface area contributed by atoms with E-state index in [0.717, 1.165) is 35.7 Å². The van der Waals surface area contributed by atoms with Crippen LogP contribution in [-0.2, 0) is 23.8 Å². The average molecular weight is 636 g/mol. The fourth-order valence-corrected chi connectivity index (χ4v) is 6.47. The first-order valence-corrected chi connectivity index (χ1v) is 14.7. The monoisotopic (exact) mass is 636 g/mol. The van der Waals surface area contributed by atoms with E-state index >= 15 is 0 Å². The van der Waals surface area contributed by atoms with Gasteiger partial charge in [-0.2, -0.15) is 0 Å². The third-order valence-electron chi connectivity index (χ3n) is 8.25. The number of esters is 1. The van der Waals surface area contributed by atoms with Crippen LogP contribution in [0.1, 0.15) is 55.3 Å². The number of carbonyl (C=O) groups is 3. The zero-order chi connectivity index (χ0) is 26.4. The van der Waals surface area contributed by atoms with Crippen LogP contribution in [0.15, 0.2) is 35.9 Å². The number of hydrogen-bond acceptors (Lipinski definition) is 7. The molecule has 0 spiro atoms. The molecule has 0 bridgehead atoms. The number of aliphatic hydroxyl groups is 1. The molecule has 2 aliphatic heterocycles. The molecule has 9 nitrogen and oxygen atoms in total. The number of nitrogens with one attached hydrogen (secondary N) is 1. The molecule has 6 rings (SSSR count). The van der Waals surface area contributed by atoms with Crippen LogP contribution >= 0.6 is 22.6 Å². The summed E-state index contributed by atoms with van der Waals surface area (Å²) in [6.07, 6.45) is 5.88. The Hall–Kier alpha value is -2.02. The molecule has 4 atom stereocenters. The third kappa shape index (κ3) is 5.00. The van der Waals surface area contributed by atoms with Crippen LogP contribution < -0.4 is 5.32 Å². The van der Waals surface area contributed by atoms with E-state index in [0.29, 0.717) is 35.9 Å². The number of fused-ring (bicyclic) bond motifs is 1. The molecule has 4 unspecified atom stereocenters. The van der Waals surface area contributed by atoms with E-state index < -0.39 is 36.1 Å². The summed E-state index contributed by atoms with van der Waals surface area (Å²) in [4.78, 5) is 41.2. The van der Waals surface area contributed by atoms with Crippen LogP contribution in [0.3, 0.4) is 0 Å². The molecule has 4 fully saturated rings. The Kier molecular flexibility index (Phi) is 7.25. The van der Waals surface area contributed by atoms with Crippen molar-refractivity contribution in [1.82, 2.24) is 10.2 Å². The smallest absolute Gasteiger partial charge is 0.338 e. The molecule has 3 aliphatic carbocycles.